The molecule has 0 amide bonds. The first-order valence-corrected chi connectivity index (χ1v) is 7.70. The molecular weight excluding hydrogens is 264 g/mol. The Bertz CT molecular complexity index is 689. The number of benzene rings is 1. The largest absolute Gasteiger partial charge is 0.481 e. The van der Waals surface area contributed by atoms with Gasteiger partial charge in [-0.2, -0.15) is 0 Å². The van der Waals surface area contributed by atoms with E-state index in [2.05, 4.69) is 43.5 Å². The molecule has 4 nitrogen and oxygen atoms in total. The summed E-state index contributed by atoms with van der Waals surface area (Å²) < 4.78 is 2.19. The van der Waals surface area contributed by atoms with Crippen LogP contribution in [0, 0.1) is 18.8 Å². The molecule has 0 bridgehead atoms. The molecule has 1 aromatic heterocycles. The molecule has 1 heterocycles. The predicted molar refractivity (Wildman–Crippen MR) is 82.4 cm³/mol. The van der Waals surface area contributed by atoms with Crippen molar-refractivity contribution >= 4 is 17.0 Å². The van der Waals surface area contributed by atoms with E-state index in [9.17, 15) is 9.90 Å². The number of carbonyl (C=O) groups is 1. The summed E-state index contributed by atoms with van der Waals surface area (Å²) in [4.78, 5) is 16.4. The number of carboxylic acids is 1. The summed E-state index contributed by atoms with van der Waals surface area (Å²) in [5.74, 6) is 0.446. The molecule has 1 saturated carbocycles. The molecule has 21 heavy (non-hydrogen) atoms. The average molecular weight is 286 g/mol. The van der Waals surface area contributed by atoms with E-state index < -0.39 is 5.97 Å². The first-order valence-electron chi connectivity index (χ1n) is 7.70. The Morgan fingerprint density at radius 3 is 2.86 bits per heavy atom. The van der Waals surface area contributed by atoms with Gasteiger partial charge in [-0.15, -0.1) is 0 Å². The number of carboxylic acid groups (broad SMARTS) is 1. The molecule has 0 saturated heterocycles. The van der Waals surface area contributed by atoms with Crippen molar-refractivity contribution in [3.05, 3.63) is 29.6 Å². The zero-order valence-corrected chi connectivity index (χ0v) is 12.8. The number of fused-ring (bicyclic) bond motifs is 1. The lowest BCUT2D eigenvalue weighted by atomic mass is 9.95. The van der Waals surface area contributed by atoms with E-state index in [1.807, 2.05) is 0 Å². The van der Waals surface area contributed by atoms with Gasteiger partial charge in [0.05, 0.1) is 17.0 Å². The maximum atomic E-state index is 11.6. The van der Waals surface area contributed by atoms with Crippen molar-refractivity contribution in [2.45, 2.75) is 46.1 Å². The molecule has 3 rings (SSSR count). The minimum atomic E-state index is -0.685. The van der Waals surface area contributed by atoms with Gasteiger partial charge in [-0.25, -0.2) is 4.98 Å². The maximum Gasteiger partial charge on any atom is 0.307 e. The second-order valence-corrected chi connectivity index (χ2v) is 6.33. The van der Waals surface area contributed by atoms with Crippen LogP contribution in [0.2, 0.25) is 0 Å². The Hall–Kier alpha value is -1.84. The fourth-order valence-electron chi connectivity index (χ4n) is 3.72. The Kier molecular flexibility index (Phi) is 3.47. The number of aromatic nitrogens is 2. The molecule has 3 unspecified atom stereocenters. The van der Waals surface area contributed by atoms with Crippen molar-refractivity contribution in [2.75, 3.05) is 0 Å². The highest BCUT2D eigenvalue weighted by Gasteiger charge is 2.40. The molecular formula is C17H22N2O2. The van der Waals surface area contributed by atoms with Crippen LogP contribution in [0.1, 0.15) is 44.0 Å². The van der Waals surface area contributed by atoms with Crippen LogP contribution in [0.25, 0.3) is 11.0 Å². The van der Waals surface area contributed by atoms with E-state index >= 15 is 0 Å². The quantitative estimate of drug-likeness (QED) is 0.938. The average Bonchev–Trinajstić information content (AvgIpc) is 2.98. The lowest BCUT2D eigenvalue weighted by molar-refractivity contribution is -0.142. The lowest BCUT2D eigenvalue weighted by Gasteiger charge is -2.16. The fraction of sp³-hybridized carbons (Fsp3) is 0.529. The summed E-state index contributed by atoms with van der Waals surface area (Å²) in [5.41, 5.74) is 3.28. The minimum absolute atomic E-state index is 0.0326. The summed E-state index contributed by atoms with van der Waals surface area (Å²) in [6.45, 7) is 7.12. The van der Waals surface area contributed by atoms with Crippen molar-refractivity contribution in [1.29, 1.82) is 0 Å². The molecule has 1 aliphatic rings. The Balaban J connectivity index is 2.13. The van der Waals surface area contributed by atoms with Crippen LogP contribution in [-0.4, -0.2) is 20.6 Å². The highest BCUT2D eigenvalue weighted by atomic mass is 16.4. The van der Waals surface area contributed by atoms with Crippen molar-refractivity contribution in [3.8, 4) is 0 Å². The molecule has 1 aromatic carbocycles. The standard InChI is InChI=1S/C17H22N2O2/c1-4-19-15-6-5-10(2)9-14(15)18-16(19)12-7-11(3)8-13(12)17(20)21/h5-6,9,11-13H,4,7-8H2,1-3H3,(H,20,21). The van der Waals surface area contributed by atoms with Crippen LogP contribution in [0.3, 0.4) is 0 Å². The molecule has 3 atom stereocenters. The first-order chi connectivity index (χ1) is 10.0. The van der Waals surface area contributed by atoms with E-state index in [0.717, 1.165) is 36.2 Å². The van der Waals surface area contributed by atoms with Gasteiger partial charge in [0.15, 0.2) is 0 Å². The molecule has 1 aliphatic carbocycles. The zero-order valence-electron chi connectivity index (χ0n) is 12.8. The number of imidazole rings is 1. The van der Waals surface area contributed by atoms with Crippen LogP contribution >= 0.6 is 0 Å². The Morgan fingerprint density at radius 1 is 1.43 bits per heavy atom. The third-order valence-corrected chi connectivity index (χ3v) is 4.70. The number of aryl methyl sites for hydroxylation is 2. The Morgan fingerprint density at radius 2 is 2.19 bits per heavy atom. The van der Waals surface area contributed by atoms with Gasteiger partial charge in [-0.3, -0.25) is 4.79 Å². The highest BCUT2D eigenvalue weighted by Crippen LogP contribution is 2.43. The molecule has 112 valence electrons. The van der Waals surface area contributed by atoms with Gasteiger partial charge in [0.1, 0.15) is 5.82 Å². The summed E-state index contributed by atoms with van der Waals surface area (Å²) in [6, 6.07) is 6.27. The fourth-order valence-corrected chi connectivity index (χ4v) is 3.72. The second kappa shape index (κ2) is 5.17. The van der Waals surface area contributed by atoms with Crippen LogP contribution in [0.5, 0.6) is 0 Å². The van der Waals surface area contributed by atoms with Crippen molar-refractivity contribution in [2.24, 2.45) is 11.8 Å². The zero-order chi connectivity index (χ0) is 15.1. The molecule has 1 N–H and O–H groups in total. The van der Waals surface area contributed by atoms with Gasteiger partial charge in [-0.1, -0.05) is 13.0 Å². The van der Waals surface area contributed by atoms with E-state index in [-0.39, 0.29) is 11.8 Å². The van der Waals surface area contributed by atoms with Gasteiger partial charge in [0.2, 0.25) is 0 Å². The lowest BCUT2D eigenvalue weighted by Crippen LogP contribution is -2.20. The topological polar surface area (TPSA) is 55.1 Å². The number of hydrogen-bond donors (Lipinski definition) is 1. The maximum absolute atomic E-state index is 11.6. The Labute approximate surface area is 124 Å². The predicted octanol–water partition coefficient (Wildman–Crippen LogP) is 3.58. The third-order valence-electron chi connectivity index (χ3n) is 4.70. The van der Waals surface area contributed by atoms with Gasteiger partial charge in [0, 0.05) is 12.5 Å². The molecule has 0 spiro atoms. The summed E-state index contributed by atoms with van der Waals surface area (Å²) in [6.07, 6.45) is 1.67. The first kappa shape index (κ1) is 14.1. The minimum Gasteiger partial charge on any atom is -0.481 e. The van der Waals surface area contributed by atoms with Crippen molar-refractivity contribution in [3.63, 3.8) is 0 Å². The summed E-state index contributed by atoms with van der Waals surface area (Å²) >= 11 is 0. The van der Waals surface area contributed by atoms with Crippen LogP contribution in [-0.2, 0) is 11.3 Å². The number of hydrogen-bond acceptors (Lipinski definition) is 2. The molecule has 4 heteroatoms. The van der Waals surface area contributed by atoms with Crippen molar-refractivity contribution < 1.29 is 9.90 Å². The molecule has 2 aromatic rings. The molecule has 1 fully saturated rings. The van der Waals surface area contributed by atoms with E-state index in [1.165, 1.54) is 5.56 Å². The summed E-state index contributed by atoms with van der Waals surface area (Å²) in [7, 11) is 0. The number of aliphatic carboxylic acids is 1. The van der Waals surface area contributed by atoms with E-state index in [4.69, 9.17) is 4.98 Å². The second-order valence-electron chi connectivity index (χ2n) is 6.33. The van der Waals surface area contributed by atoms with E-state index in [1.54, 1.807) is 0 Å². The third kappa shape index (κ3) is 2.33. The van der Waals surface area contributed by atoms with Gasteiger partial charge >= 0.3 is 5.97 Å². The van der Waals surface area contributed by atoms with Gasteiger partial charge < -0.3 is 9.67 Å². The SMILES string of the molecule is CCn1c(C2CC(C)CC2C(=O)O)nc2cc(C)ccc21. The van der Waals surface area contributed by atoms with Crippen molar-refractivity contribution in [1.82, 2.24) is 9.55 Å². The van der Waals surface area contributed by atoms with Gasteiger partial charge in [-0.05, 0) is 50.3 Å². The highest BCUT2D eigenvalue weighted by molar-refractivity contribution is 5.78. The molecule has 0 aliphatic heterocycles. The molecule has 0 radical (unpaired) electrons. The summed E-state index contributed by atoms with van der Waals surface area (Å²) in [5, 5.41) is 9.51. The normalized spacial score (nSPS) is 25.6. The van der Waals surface area contributed by atoms with Gasteiger partial charge in [0.25, 0.3) is 0 Å². The number of nitrogens with zero attached hydrogens (tertiary/aromatic N) is 2. The monoisotopic (exact) mass is 286 g/mol. The number of rotatable bonds is 3. The van der Waals surface area contributed by atoms with E-state index in [0.29, 0.717) is 5.92 Å². The van der Waals surface area contributed by atoms with Crippen LogP contribution < -0.4 is 0 Å². The van der Waals surface area contributed by atoms with Crippen LogP contribution in [0.15, 0.2) is 18.2 Å². The van der Waals surface area contributed by atoms with Crippen LogP contribution in [0.4, 0.5) is 0 Å². The smallest absolute Gasteiger partial charge is 0.307 e.